The molecule has 94 valence electrons. The fraction of sp³-hybridized carbons (Fsp3) is 0.571. The van der Waals surface area contributed by atoms with Crippen LogP contribution in [0.15, 0.2) is 24.3 Å². The molecule has 2 nitrogen and oxygen atoms in total. The van der Waals surface area contributed by atoms with Crippen molar-refractivity contribution in [2.75, 3.05) is 6.61 Å². The fourth-order valence-electron chi connectivity index (χ4n) is 2.02. The van der Waals surface area contributed by atoms with Gasteiger partial charge < -0.3 is 9.47 Å². The van der Waals surface area contributed by atoms with Gasteiger partial charge in [-0.3, -0.25) is 0 Å². The summed E-state index contributed by atoms with van der Waals surface area (Å²) in [5.74, 6) is 0.905. The number of rotatable bonds is 3. The first-order valence-electron chi connectivity index (χ1n) is 6.17. The van der Waals surface area contributed by atoms with Crippen LogP contribution in [0.25, 0.3) is 0 Å². The number of halogens is 1. The Labute approximate surface area is 108 Å². The van der Waals surface area contributed by atoms with Crippen molar-refractivity contribution in [2.45, 2.75) is 44.3 Å². The average molecular weight is 255 g/mol. The molecule has 1 aliphatic heterocycles. The summed E-state index contributed by atoms with van der Waals surface area (Å²) in [6.07, 6.45) is 2.19. The first-order valence-corrected chi connectivity index (χ1v) is 6.61. The van der Waals surface area contributed by atoms with E-state index in [2.05, 4.69) is 12.1 Å². The summed E-state index contributed by atoms with van der Waals surface area (Å²) in [5.41, 5.74) is 1.19. The summed E-state index contributed by atoms with van der Waals surface area (Å²) in [6, 6.07) is 8.13. The molecule has 2 rings (SSSR count). The molecule has 2 atom stereocenters. The zero-order chi connectivity index (χ0) is 12.3. The Balaban J connectivity index is 2.01. The summed E-state index contributed by atoms with van der Waals surface area (Å²) in [7, 11) is 0. The van der Waals surface area contributed by atoms with E-state index in [9.17, 15) is 0 Å². The summed E-state index contributed by atoms with van der Waals surface area (Å²) in [5, 5.41) is 0.236. The molecular formula is C14H19ClO2. The summed E-state index contributed by atoms with van der Waals surface area (Å²) in [4.78, 5) is 0. The van der Waals surface area contributed by atoms with Crippen LogP contribution >= 0.6 is 11.6 Å². The predicted octanol–water partition coefficient (Wildman–Crippen LogP) is 3.93. The van der Waals surface area contributed by atoms with E-state index in [0.29, 0.717) is 0 Å². The van der Waals surface area contributed by atoms with Gasteiger partial charge >= 0.3 is 0 Å². The largest absolute Gasteiger partial charge is 0.491 e. The normalized spacial score (nSPS) is 24.9. The minimum atomic E-state index is 0.138. The number of benzene rings is 1. The van der Waals surface area contributed by atoms with E-state index in [4.69, 9.17) is 21.1 Å². The van der Waals surface area contributed by atoms with Gasteiger partial charge in [-0.1, -0.05) is 12.1 Å². The van der Waals surface area contributed by atoms with Crippen molar-refractivity contribution in [1.29, 1.82) is 0 Å². The predicted molar refractivity (Wildman–Crippen MR) is 69.8 cm³/mol. The highest BCUT2D eigenvalue weighted by atomic mass is 35.5. The van der Waals surface area contributed by atoms with Gasteiger partial charge in [0.15, 0.2) is 0 Å². The molecule has 1 aliphatic rings. The molecule has 1 heterocycles. The van der Waals surface area contributed by atoms with Gasteiger partial charge in [0, 0.05) is 12.0 Å². The van der Waals surface area contributed by atoms with Crippen LogP contribution < -0.4 is 4.74 Å². The first-order chi connectivity index (χ1) is 8.15. The molecule has 1 fully saturated rings. The van der Waals surface area contributed by atoms with Crippen LogP contribution in [0.2, 0.25) is 0 Å². The topological polar surface area (TPSA) is 18.5 Å². The van der Waals surface area contributed by atoms with Crippen LogP contribution in [-0.2, 0) is 4.74 Å². The van der Waals surface area contributed by atoms with Crippen molar-refractivity contribution in [3.05, 3.63) is 29.8 Å². The number of hydrogen-bond acceptors (Lipinski definition) is 2. The smallest absolute Gasteiger partial charge is 0.119 e. The molecule has 0 spiro atoms. The minimum Gasteiger partial charge on any atom is -0.491 e. The van der Waals surface area contributed by atoms with Crippen LogP contribution in [0.3, 0.4) is 0 Å². The second-order valence-corrected chi connectivity index (χ2v) is 5.33. The van der Waals surface area contributed by atoms with Gasteiger partial charge in [-0.2, -0.15) is 0 Å². The molecular weight excluding hydrogens is 236 g/mol. The van der Waals surface area contributed by atoms with Crippen molar-refractivity contribution >= 4 is 11.6 Å². The molecule has 3 heteroatoms. The lowest BCUT2D eigenvalue weighted by atomic mass is 10.0. The summed E-state index contributed by atoms with van der Waals surface area (Å²) < 4.78 is 11.3. The molecule has 1 aromatic rings. The SMILES string of the molecule is CC(C)Oc1ccc(C2CC(Cl)CCO2)cc1. The lowest BCUT2D eigenvalue weighted by molar-refractivity contribution is 0.0168. The molecule has 0 aromatic heterocycles. The van der Waals surface area contributed by atoms with Gasteiger partial charge in [0.25, 0.3) is 0 Å². The highest BCUT2D eigenvalue weighted by Crippen LogP contribution is 2.31. The zero-order valence-electron chi connectivity index (χ0n) is 10.4. The van der Waals surface area contributed by atoms with Crippen LogP contribution in [0.5, 0.6) is 5.75 Å². The monoisotopic (exact) mass is 254 g/mol. The average Bonchev–Trinajstić information content (AvgIpc) is 2.29. The van der Waals surface area contributed by atoms with Crippen molar-refractivity contribution in [1.82, 2.24) is 0 Å². The van der Waals surface area contributed by atoms with E-state index in [1.807, 2.05) is 26.0 Å². The van der Waals surface area contributed by atoms with Gasteiger partial charge in [0.05, 0.1) is 12.2 Å². The van der Waals surface area contributed by atoms with E-state index in [0.717, 1.165) is 25.2 Å². The third-order valence-corrected chi connectivity index (χ3v) is 3.24. The van der Waals surface area contributed by atoms with Crippen LogP contribution in [0, 0.1) is 0 Å². The Morgan fingerprint density at radius 1 is 1.29 bits per heavy atom. The first kappa shape index (κ1) is 12.7. The molecule has 1 saturated heterocycles. The molecule has 0 N–H and O–H groups in total. The third-order valence-electron chi connectivity index (χ3n) is 2.84. The quantitative estimate of drug-likeness (QED) is 0.761. The van der Waals surface area contributed by atoms with Gasteiger partial charge in [-0.25, -0.2) is 0 Å². The number of alkyl halides is 1. The molecule has 1 aromatic carbocycles. The van der Waals surface area contributed by atoms with E-state index in [-0.39, 0.29) is 17.6 Å². The molecule has 0 saturated carbocycles. The van der Waals surface area contributed by atoms with Gasteiger partial charge in [-0.05, 0) is 44.4 Å². The standard InChI is InChI=1S/C14H19ClO2/c1-10(2)17-13-5-3-11(4-6-13)14-9-12(15)7-8-16-14/h3-6,10,12,14H,7-9H2,1-2H3. The van der Waals surface area contributed by atoms with E-state index < -0.39 is 0 Å². The Morgan fingerprint density at radius 3 is 2.59 bits per heavy atom. The van der Waals surface area contributed by atoms with Crippen molar-refractivity contribution in [3.8, 4) is 5.75 Å². The Morgan fingerprint density at radius 2 is 2.00 bits per heavy atom. The highest BCUT2D eigenvalue weighted by Gasteiger charge is 2.22. The van der Waals surface area contributed by atoms with Gasteiger partial charge in [0.2, 0.25) is 0 Å². The Hall–Kier alpha value is -0.730. The molecule has 2 unspecified atom stereocenters. The van der Waals surface area contributed by atoms with Crippen molar-refractivity contribution < 1.29 is 9.47 Å². The molecule has 17 heavy (non-hydrogen) atoms. The maximum Gasteiger partial charge on any atom is 0.119 e. The number of ether oxygens (including phenoxy) is 2. The van der Waals surface area contributed by atoms with Gasteiger partial charge in [0.1, 0.15) is 5.75 Å². The zero-order valence-corrected chi connectivity index (χ0v) is 11.1. The Bertz CT molecular complexity index is 348. The second kappa shape index (κ2) is 5.74. The highest BCUT2D eigenvalue weighted by molar-refractivity contribution is 6.20. The van der Waals surface area contributed by atoms with Crippen LogP contribution in [-0.4, -0.2) is 18.1 Å². The summed E-state index contributed by atoms with van der Waals surface area (Å²) >= 11 is 6.16. The number of hydrogen-bond donors (Lipinski definition) is 0. The van der Waals surface area contributed by atoms with Crippen LogP contribution in [0.1, 0.15) is 38.4 Å². The van der Waals surface area contributed by atoms with Crippen LogP contribution in [0.4, 0.5) is 0 Å². The minimum absolute atomic E-state index is 0.138. The van der Waals surface area contributed by atoms with Crippen molar-refractivity contribution in [3.63, 3.8) is 0 Å². The lowest BCUT2D eigenvalue weighted by Crippen LogP contribution is -2.19. The molecule has 0 aliphatic carbocycles. The van der Waals surface area contributed by atoms with E-state index in [1.54, 1.807) is 0 Å². The maximum atomic E-state index is 6.16. The molecule has 0 bridgehead atoms. The van der Waals surface area contributed by atoms with Gasteiger partial charge in [-0.15, -0.1) is 11.6 Å². The fourth-order valence-corrected chi connectivity index (χ4v) is 2.27. The van der Waals surface area contributed by atoms with E-state index in [1.165, 1.54) is 5.56 Å². The molecule has 0 radical (unpaired) electrons. The Kier molecular flexibility index (Phi) is 4.30. The van der Waals surface area contributed by atoms with Crippen molar-refractivity contribution in [2.24, 2.45) is 0 Å². The summed E-state index contributed by atoms with van der Waals surface area (Å²) in [6.45, 7) is 4.80. The lowest BCUT2D eigenvalue weighted by Gasteiger charge is -2.26. The second-order valence-electron chi connectivity index (χ2n) is 4.72. The molecule has 0 amide bonds. The third kappa shape index (κ3) is 3.62. The maximum absolute atomic E-state index is 6.16. The van der Waals surface area contributed by atoms with E-state index >= 15 is 0 Å².